The van der Waals surface area contributed by atoms with Crippen molar-refractivity contribution in [3.05, 3.63) is 65.9 Å². The summed E-state index contributed by atoms with van der Waals surface area (Å²) in [6.45, 7) is 0. The van der Waals surface area contributed by atoms with Gasteiger partial charge in [0.15, 0.2) is 11.0 Å². The molecule has 2 heterocycles. The number of alkyl halides is 3. The number of benzene rings is 2. The maximum atomic E-state index is 12.8. The van der Waals surface area contributed by atoms with Gasteiger partial charge in [-0.15, -0.1) is 10.2 Å². The highest BCUT2D eigenvalue weighted by Crippen LogP contribution is 2.32. The fraction of sp³-hybridized carbons (Fsp3) is 0.158. The van der Waals surface area contributed by atoms with E-state index in [1.54, 1.807) is 6.07 Å². The van der Waals surface area contributed by atoms with Crippen LogP contribution < -0.4 is 0 Å². The molecule has 4 aromatic rings. The van der Waals surface area contributed by atoms with Crippen molar-refractivity contribution >= 4 is 22.7 Å². The minimum atomic E-state index is -4.34. The number of rotatable bonds is 4. The quantitative estimate of drug-likeness (QED) is 0.484. The van der Waals surface area contributed by atoms with Gasteiger partial charge in [-0.3, -0.25) is 0 Å². The molecular formula is C19H15F3N4S. The van der Waals surface area contributed by atoms with E-state index in [1.807, 2.05) is 42.1 Å². The smallest absolute Gasteiger partial charge is 0.360 e. The standard InChI is InChI=1S/C19H15F3N4S/c1-26-17(15-10-23-16-8-3-2-7-14(15)16)24-25-18(26)27-11-12-5-4-6-13(9-12)19(20,21)22/h2-10,23H,11H2,1H3. The second-order valence-electron chi connectivity index (χ2n) is 6.10. The largest absolute Gasteiger partial charge is 0.416 e. The van der Waals surface area contributed by atoms with Gasteiger partial charge in [-0.1, -0.05) is 48.2 Å². The van der Waals surface area contributed by atoms with E-state index >= 15 is 0 Å². The summed E-state index contributed by atoms with van der Waals surface area (Å²) in [4.78, 5) is 3.21. The van der Waals surface area contributed by atoms with Crippen LogP contribution in [0.2, 0.25) is 0 Å². The zero-order valence-corrected chi connectivity index (χ0v) is 15.1. The second kappa shape index (κ2) is 6.77. The van der Waals surface area contributed by atoms with E-state index in [0.29, 0.717) is 22.3 Å². The van der Waals surface area contributed by atoms with Crippen molar-refractivity contribution in [2.24, 2.45) is 7.05 Å². The molecule has 0 saturated heterocycles. The van der Waals surface area contributed by atoms with Crippen molar-refractivity contribution in [1.29, 1.82) is 0 Å². The Hall–Kier alpha value is -2.74. The highest BCUT2D eigenvalue weighted by molar-refractivity contribution is 7.98. The fourth-order valence-corrected chi connectivity index (χ4v) is 3.77. The normalized spacial score (nSPS) is 12.0. The van der Waals surface area contributed by atoms with Gasteiger partial charge in [0, 0.05) is 35.5 Å². The summed E-state index contributed by atoms with van der Waals surface area (Å²) in [6, 6.07) is 13.3. The lowest BCUT2D eigenvalue weighted by atomic mass is 10.1. The van der Waals surface area contributed by atoms with Gasteiger partial charge in [-0.25, -0.2) is 0 Å². The van der Waals surface area contributed by atoms with Crippen molar-refractivity contribution in [3.8, 4) is 11.4 Å². The number of nitrogens with one attached hydrogen (secondary N) is 1. The zero-order valence-electron chi connectivity index (χ0n) is 14.3. The number of fused-ring (bicyclic) bond motifs is 1. The summed E-state index contributed by atoms with van der Waals surface area (Å²) < 4.78 is 40.4. The van der Waals surface area contributed by atoms with E-state index in [0.717, 1.165) is 22.5 Å². The van der Waals surface area contributed by atoms with E-state index in [9.17, 15) is 13.2 Å². The molecule has 0 spiro atoms. The molecule has 4 nitrogen and oxygen atoms in total. The van der Waals surface area contributed by atoms with E-state index < -0.39 is 11.7 Å². The molecule has 27 heavy (non-hydrogen) atoms. The average molecular weight is 388 g/mol. The molecule has 0 aliphatic heterocycles. The van der Waals surface area contributed by atoms with Crippen LogP contribution in [0.25, 0.3) is 22.3 Å². The summed E-state index contributed by atoms with van der Waals surface area (Å²) in [5.41, 5.74) is 1.89. The van der Waals surface area contributed by atoms with Gasteiger partial charge in [0.05, 0.1) is 5.56 Å². The first-order valence-electron chi connectivity index (χ1n) is 8.18. The van der Waals surface area contributed by atoms with Crippen LogP contribution in [0, 0.1) is 0 Å². The molecule has 0 bridgehead atoms. The molecule has 2 aromatic carbocycles. The average Bonchev–Trinajstić information content (AvgIpc) is 3.23. The predicted molar refractivity (Wildman–Crippen MR) is 99.3 cm³/mol. The lowest BCUT2D eigenvalue weighted by Crippen LogP contribution is -2.05. The molecule has 0 fully saturated rings. The second-order valence-corrected chi connectivity index (χ2v) is 7.04. The Kier molecular flexibility index (Phi) is 4.43. The van der Waals surface area contributed by atoms with Crippen molar-refractivity contribution < 1.29 is 13.2 Å². The van der Waals surface area contributed by atoms with Crippen molar-refractivity contribution in [1.82, 2.24) is 19.7 Å². The molecule has 0 atom stereocenters. The summed E-state index contributed by atoms with van der Waals surface area (Å²) in [5, 5.41) is 10.2. The van der Waals surface area contributed by atoms with Crippen molar-refractivity contribution in [2.75, 3.05) is 0 Å². The summed E-state index contributed by atoms with van der Waals surface area (Å²) in [6.07, 6.45) is -2.45. The van der Waals surface area contributed by atoms with Crippen molar-refractivity contribution in [3.63, 3.8) is 0 Å². The molecular weight excluding hydrogens is 373 g/mol. The maximum absolute atomic E-state index is 12.8. The third-order valence-electron chi connectivity index (χ3n) is 4.29. The highest BCUT2D eigenvalue weighted by atomic mass is 32.2. The third-order valence-corrected chi connectivity index (χ3v) is 5.38. The molecule has 4 rings (SSSR count). The van der Waals surface area contributed by atoms with Crippen LogP contribution in [0.15, 0.2) is 59.9 Å². The molecule has 2 aromatic heterocycles. The van der Waals surface area contributed by atoms with Crippen LogP contribution in [0.1, 0.15) is 11.1 Å². The predicted octanol–water partition coefficient (Wildman–Crippen LogP) is 5.27. The number of H-pyrrole nitrogens is 1. The highest BCUT2D eigenvalue weighted by Gasteiger charge is 2.30. The topological polar surface area (TPSA) is 46.5 Å². The van der Waals surface area contributed by atoms with Crippen LogP contribution in [-0.2, 0) is 19.0 Å². The SMILES string of the molecule is Cn1c(SCc2cccc(C(F)(F)F)c2)nnc1-c1c[nH]c2ccccc12. The Bertz CT molecular complexity index is 1100. The van der Waals surface area contributed by atoms with Crippen LogP contribution in [0.5, 0.6) is 0 Å². The number of nitrogens with zero attached hydrogens (tertiary/aromatic N) is 3. The first-order valence-corrected chi connectivity index (χ1v) is 9.17. The molecule has 0 amide bonds. The van der Waals surface area contributed by atoms with Crippen molar-refractivity contribution in [2.45, 2.75) is 17.1 Å². The van der Waals surface area contributed by atoms with E-state index in [4.69, 9.17) is 0 Å². The molecule has 0 unspecified atom stereocenters. The summed E-state index contributed by atoms with van der Waals surface area (Å²) >= 11 is 1.35. The first kappa shape index (κ1) is 17.7. The monoisotopic (exact) mass is 388 g/mol. The Morgan fingerprint density at radius 1 is 1.07 bits per heavy atom. The Morgan fingerprint density at radius 3 is 2.70 bits per heavy atom. The van der Waals surface area contributed by atoms with E-state index in [2.05, 4.69) is 15.2 Å². The summed E-state index contributed by atoms with van der Waals surface area (Å²) in [5.74, 6) is 1.09. The number of hydrogen-bond donors (Lipinski definition) is 1. The number of para-hydroxylation sites is 1. The Balaban J connectivity index is 1.57. The van der Waals surface area contributed by atoms with Gasteiger partial charge in [-0.2, -0.15) is 13.2 Å². The minimum Gasteiger partial charge on any atom is -0.360 e. The van der Waals surface area contributed by atoms with Gasteiger partial charge in [-0.05, 0) is 17.7 Å². The molecule has 8 heteroatoms. The maximum Gasteiger partial charge on any atom is 0.416 e. The Morgan fingerprint density at radius 2 is 1.89 bits per heavy atom. The number of hydrogen-bond acceptors (Lipinski definition) is 3. The van der Waals surface area contributed by atoms with Gasteiger partial charge >= 0.3 is 6.18 Å². The van der Waals surface area contributed by atoms with Gasteiger partial charge in [0.2, 0.25) is 0 Å². The van der Waals surface area contributed by atoms with Crippen LogP contribution in [0.3, 0.4) is 0 Å². The van der Waals surface area contributed by atoms with E-state index in [-0.39, 0.29) is 0 Å². The van der Waals surface area contributed by atoms with Gasteiger partial charge < -0.3 is 9.55 Å². The zero-order chi connectivity index (χ0) is 19.0. The fourth-order valence-electron chi connectivity index (χ4n) is 2.92. The Labute approximate surface area is 157 Å². The minimum absolute atomic E-state index is 0.379. The number of aromatic amines is 1. The first-order chi connectivity index (χ1) is 12.9. The third kappa shape index (κ3) is 3.44. The number of aromatic nitrogens is 4. The van der Waals surface area contributed by atoms with Crippen LogP contribution in [-0.4, -0.2) is 19.7 Å². The molecule has 138 valence electrons. The molecule has 0 aliphatic rings. The van der Waals surface area contributed by atoms with Crippen LogP contribution >= 0.6 is 11.8 Å². The van der Waals surface area contributed by atoms with E-state index in [1.165, 1.54) is 23.9 Å². The van der Waals surface area contributed by atoms with Crippen LogP contribution in [0.4, 0.5) is 13.2 Å². The lowest BCUT2D eigenvalue weighted by molar-refractivity contribution is -0.137. The molecule has 0 aliphatic carbocycles. The molecule has 1 N–H and O–H groups in total. The molecule has 0 radical (unpaired) electrons. The number of halogens is 3. The van der Waals surface area contributed by atoms with Gasteiger partial charge in [0.25, 0.3) is 0 Å². The summed E-state index contributed by atoms with van der Waals surface area (Å²) in [7, 11) is 1.85. The number of thioether (sulfide) groups is 1. The van der Waals surface area contributed by atoms with Gasteiger partial charge in [0.1, 0.15) is 0 Å². The molecule has 0 saturated carbocycles. The lowest BCUT2D eigenvalue weighted by Gasteiger charge is -2.08.